The van der Waals surface area contributed by atoms with Crippen LogP contribution < -0.4 is 0 Å². The third-order valence-electron chi connectivity index (χ3n) is 2.68. The Hall–Kier alpha value is -2.35. The molecule has 3 rings (SSSR count). The van der Waals surface area contributed by atoms with Crippen molar-refractivity contribution in [2.24, 2.45) is 0 Å². The van der Waals surface area contributed by atoms with Crippen LogP contribution in [-0.2, 0) is 0 Å². The topological polar surface area (TPSA) is 87.2 Å². The van der Waals surface area contributed by atoms with E-state index >= 15 is 0 Å². The van der Waals surface area contributed by atoms with Crippen molar-refractivity contribution >= 4 is 11.6 Å². The number of aromatic nitrogens is 8. The second-order valence-corrected chi connectivity index (χ2v) is 4.17. The Morgan fingerprint density at radius 2 is 1.84 bits per heavy atom. The highest BCUT2D eigenvalue weighted by Gasteiger charge is 2.12. The highest BCUT2D eigenvalue weighted by Crippen LogP contribution is 2.12. The van der Waals surface area contributed by atoms with E-state index in [1.165, 1.54) is 17.3 Å². The van der Waals surface area contributed by atoms with Crippen molar-refractivity contribution in [3.05, 3.63) is 35.7 Å². The third kappa shape index (κ3) is 2.06. The zero-order chi connectivity index (χ0) is 13.4. The minimum absolute atomic E-state index is 0.0845. The number of nitrogens with zero attached hydrogens (tertiary/aromatic N) is 8. The molecule has 0 atom stereocenters. The van der Waals surface area contributed by atoms with Gasteiger partial charge in [-0.15, -0.1) is 0 Å². The van der Waals surface area contributed by atoms with E-state index in [4.69, 9.17) is 11.6 Å². The average Bonchev–Trinajstić information content (AvgIpc) is 3.01. The minimum Gasteiger partial charge on any atom is -0.271 e. The Balaban J connectivity index is 2.15. The quantitative estimate of drug-likeness (QED) is 0.691. The van der Waals surface area contributed by atoms with E-state index in [9.17, 15) is 0 Å². The van der Waals surface area contributed by atoms with E-state index in [-0.39, 0.29) is 5.28 Å². The van der Waals surface area contributed by atoms with Crippen LogP contribution in [0.3, 0.4) is 0 Å². The first-order valence-electron chi connectivity index (χ1n) is 5.42. The fourth-order valence-corrected chi connectivity index (χ4v) is 1.70. The number of rotatable bonds is 2. The van der Waals surface area contributed by atoms with Crippen LogP contribution in [-0.4, -0.2) is 39.3 Å². The first kappa shape index (κ1) is 11.7. The van der Waals surface area contributed by atoms with Crippen LogP contribution in [0.4, 0.5) is 0 Å². The standard InChI is InChI=1S/C10H9ClN8/c1-6-7(2)18(5-13-6)9-15-8(11)16-10(17-9)19-4-12-3-14-19/h3-5H,1-2H3. The summed E-state index contributed by atoms with van der Waals surface area (Å²) in [6, 6.07) is 0. The van der Waals surface area contributed by atoms with Gasteiger partial charge in [0.2, 0.25) is 11.2 Å². The maximum absolute atomic E-state index is 5.92. The van der Waals surface area contributed by atoms with Crippen molar-refractivity contribution in [2.75, 3.05) is 0 Å². The lowest BCUT2D eigenvalue weighted by atomic mass is 10.4. The number of halogens is 1. The number of hydrogen-bond acceptors (Lipinski definition) is 6. The van der Waals surface area contributed by atoms with Crippen LogP contribution in [0.1, 0.15) is 11.4 Å². The van der Waals surface area contributed by atoms with E-state index in [0.29, 0.717) is 11.9 Å². The molecule has 9 heteroatoms. The van der Waals surface area contributed by atoms with Crippen LogP contribution in [0.15, 0.2) is 19.0 Å². The number of imidazole rings is 1. The zero-order valence-corrected chi connectivity index (χ0v) is 10.9. The fraction of sp³-hybridized carbons (Fsp3) is 0.200. The predicted octanol–water partition coefficient (Wildman–Crippen LogP) is 0.908. The lowest BCUT2D eigenvalue weighted by Crippen LogP contribution is -2.09. The monoisotopic (exact) mass is 276 g/mol. The molecule has 0 aliphatic rings. The highest BCUT2D eigenvalue weighted by atomic mass is 35.5. The lowest BCUT2D eigenvalue weighted by molar-refractivity contribution is 0.768. The molecule has 8 nitrogen and oxygen atoms in total. The van der Waals surface area contributed by atoms with Gasteiger partial charge in [-0.3, -0.25) is 4.57 Å². The van der Waals surface area contributed by atoms with Crippen LogP contribution in [0, 0.1) is 13.8 Å². The summed E-state index contributed by atoms with van der Waals surface area (Å²) < 4.78 is 3.15. The summed E-state index contributed by atoms with van der Waals surface area (Å²) in [5.41, 5.74) is 1.84. The van der Waals surface area contributed by atoms with E-state index in [0.717, 1.165) is 11.4 Å². The first-order chi connectivity index (χ1) is 9.15. The Morgan fingerprint density at radius 3 is 2.47 bits per heavy atom. The Kier molecular flexibility index (Phi) is 2.71. The molecule has 0 fully saturated rings. The summed E-state index contributed by atoms with van der Waals surface area (Å²) in [5, 5.41) is 4.04. The number of aryl methyl sites for hydroxylation is 1. The molecule has 0 unspecified atom stereocenters. The van der Waals surface area contributed by atoms with E-state index in [1.54, 1.807) is 10.9 Å². The molecular formula is C10H9ClN8. The van der Waals surface area contributed by atoms with Gasteiger partial charge in [-0.1, -0.05) is 0 Å². The van der Waals surface area contributed by atoms with Gasteiger partial charge in [-0.05, 0) is 25.4 Å². The van der Waals surface area contributed by atoms with Gasteiger partial charge in [0, 0.05) is 5.69 Å². The largest absolute Gasteiger partial charge is 0.271 e. The predicted molar refractivity (Wildman–Crippen MR) is 66.4 cm³/mol. The highest BCUT2D eigenvalue weighted by molar-refractivity contribution is 6.28. The molecule has 0 saturated heterocycles. The lowest BCUT2D eigenvalue weighted by Gasteiger charge is -2.05. The molecule has 3 aromatic heterocycles. The molecule has 0 aliphatic heterocycles. The molecule has 3 heterocycles. The summed E-state index contributed by atoms with van der Waals surface area (Å²) >= 11 is 5.92. The maximum atomic E-state index is 5.92. The van der Waals surface area contributed by atoms with Crippen LogP contribution in [0.25, 0.3) is 11.9 Å². The summed E-state index contributed by atoms with van der Waals surface area (Å²) in [4.78, 5) is 20.4. The minimum atomic E-state index is 0.0845. The van der Waals surface area contributed by atoms with Gasteiger partial charge in [0.15, 0.2) is 0 Å². The average molecular weight is 277 g/mol. The normalized spacial score (nSPS) is 10.9. The molecule has 96 valence electrons. The molecule has 0 N–H and O–H groups in total. The van der Waals surface area contributed by atoms with Gasteiger partial charge in [-0.2, -0.15) is 24.7 Å². The molecule has 0 radical (unpaired) electrons. The van der Waals surface area contributed by atoms with Gasteiger partial charge < -0.3 is 0 Å². The summed E-state index contributed by atoms with van der Waals surface area (Å²) in [5.74, 6) is 0.696. The van der Waals surface area contributed by atoms with Crippen molar-refractivity contribution in [1.29, 1.82) is 0 Å². The third-order valence-corrected chi connectivity index (χ3v) is 2.84. The Bertz CT molecular complexity index is 717. The van der Waals surface area contributed by atoms with Crippen molar-refractivity contribution < 1.29 is 0 Å². The molecule has 0 amide bonds. The summed E-state index contributed by atoms with van der Waals surface area (Å²) in [6.07, 6.45) is 4.52. The second kappa shape index (κ2) is 4.39. The van der Waals surface area contributed by atoms with Gasteiger partial charge >= 0.3 is 0 Å². The van der Waals surface area contributed by atoms with Crippen LogP contribution in [0.5, 0.6) is 0 Å². The second-order valence-electron chi connectivity index (χ2n) is 3.83. The molecule has 0 saturated carbocycles. The van der Waals surface area contributed by atoms with Crippen molar-refractivity contribution in [2.45, 2.75) is 13.8 Å². The smallest absolute Gasteiger partial charge is 0.258 e. The molecule has 0 aromatic carbocycles. The Labute approximate surface area is 113 Å². The van der Waals surface area contributed by atoms with Crippen LogP contribution >= 0.6 is 11.6 Å². The maximum Gasteiger partial charge on any atom is 0.258 e. The summed E-state index contributed by atoms with van der Waals surface area (Å²) in [7, 11) is 0. The fourth-order valence-electron chi connectivity index (χ4n) is 1.55. The molecule has 0 spiro atoms. The van der Waals surface area contributed by atoms with Crippen LogP contribution in [0.2, 0.25) is 5.28 Å². The molecule has 3 aromatic rings. The van der Waals surface area contributed by atoms with Crippen molar-refractivity contribution in [1.82, 2.24) is 39.3 Å². The molecule has 0 aliphatic carbocycles. The van der Waals surface area contributed by atoms with Gasteiger partial charge in [0.05, 0.1) is 5.69 Å². The van der Waals surface area contributed by atoms with Crippen molar-refractivity contribution in [3.63, 3.8) is 0 Å². The molecule has 19 heavy (non-hydrogen) atoms. The van der Waals surface area contributed by atoms with Gasteiger partial charge in [-0.25, -0.2) is 9.97 Å². The molecule has 0 bridgehead atoms. The van der Waals surface area contributed by atoms with Gasteiger partial charge in [0.25, 0.3) is 5.95 Å². The SMILES string of the molecule is Cc1ncn(-c2nc(Cl)nc(-n3cncn3)n2)c1C. The van der Waals surface area contributed by atoms with E-state index < -0.39 is 0 Å². The van der Waals surface area contributed by atoms with Gasteiger partial charge in [0.1, 0.15) is 19.0 Å². The Morgan fingerprint density at radius 1 is 1.05 bits per heavy atom. The van der Waals surface area contributed by atoms with Crippen molar-refractivity contribution in [3.8, 4) is 11.9 Å². The first-order valence-corrected chi connectivity index (χ1v) is 5.80. The van der Waals surface area contributed by atoms with E-state index in [2.05, 4.69) is 30.0 Å². The summed E-state index contributed by atoms with van der Waals surface area (Å²) in [6.45, 7) is 3.84. The van der Waals surface area contributed by atoms with E-state index in [1.807, 2.05) is 13.8 Å². The zero-order valence-electron chi connectivity index (χ0n) is 10.2. The number of hydrogen-bond donors (Lipinski definition) is 0. The molecular weight excluding hydrogens is 268 g/mol.